The first-order valence-electron chi connectivity index (χ1n) is 15.6. The number of carbonyl (C=O) groups excluding carboxylic acids is 1. The van der Waals surface area contributed by atoms with E-state index in [4.69, 9.17) is 5.73 Å². The van der Waals surface area contributed by atoms with Crippen molar-refractivity contribution < 1.29 is 4.79 Å². The number of hydrogen-bond donors (Lipinski definition) is 2. The number of piperazine rings is 2. The monoisotopic (exact) mass is 555 g/mol. The maximum absolute atomic E-state index is 13.7. The molecule has 2 fully saturated rings. The minimum Gasteiger partial charge on any atom is -0.337 e. The molecule has 6 heteroatoms. The molecule has 41 heavy (non-hydrogen) atoms. The van der Waals surface area contributed by atoms with E-state index in [-0.39, 0.29) is 18.0 Å². The predicted octanol–water partition coefficient (Wildman–Crippen LogP) is 4.16. The standard InChI is InChI=1S/C35H49N5O/c1-26-10-12-31(27(2)19-26)22-33(36)24-39-23-28(3)40(25-34(39)9-6-16-38-17-14-37-15-18-38)35(41)21-29-11-13-30-7-4-5-8-32(30)20-29/h4-5,7-8,10-13,19-20,28,33-34,37H,6,9,14-18,21-25,36H2,1-3H3/t28-,33?,34+/m1/s1. The zero-order valence-corrected chi connectivity index (χ0v) is 25.3. The third-order valence-corrected chi connectivity index (χ3v) is 9.11. The number of carbonyl (C=O) groups is 1. The first-order valence-corrected chi connectivity index (χ1v) is 15.6. The topological polar surface area (TPSA) is 64.8 Å². The van der Waals surface area contributed by atoms with Crippen LogP contribution in [-0.4, -0.2) is 91.1 Å². The van der Waals surface area contributed by atoms with Crippen LogP contribution in [0.15, 0.2) is 60.7 Å². The van der Waals surface area contributed by atoms with Gasteiger partial charge in [-0.1, -0.05) is 66.2 Å². The van der Waals surface area contributed by atoms with Gasteiger partial charge in [0.25, 0.3) is 0 Å². The van der Waals surface area contributed by atoms with E-state index >= 15 is 0 Å². The van der Waals surface area contributed by atoms with Crippen LogP contribution in [-0.2, 0) is 17.6 Å². The molecule has 0 aromatic heterocycles. The summed E-state index contributed by atoms with van der Waals surface area (Å²) in [5.41, 5.74) is 11.9. The Morgan fingerprint density at radius 2 is 1.78 bits per heavy atom. The van der Waals surface area contributed by atoms with Gasteiger partial charge in [0, 0.05) is 63.9 Å². The van der Waals surface area contributed by atoms with Crippen LogP contribution in [0.3, 0.4) is 0 Å². The normalized spacial score (nSPS) is 21.3. The molecule has 220 valence electrons. The van der Waals surface area contributed by atoms with Gasteiger partial charge in [-0.15, -0.1) is 0 Å². The average Bonchev–Trinajstić information content (AvgIpc) is 2.96. The van der Waals surface area contributed by atoms with E-state index in [9.17, 15) is 4.79 Å². The zero-order valence-electron chi connectivity index (χ0n) is 25.3. The molecule has 2 aliphatic heterocycles. The van der Waals surface area contributed by atoms with E-state index in [0.29, 0.717) is 12.5 Å². The number of rotatable bonds is 10. The van der Waals surface area contributed by atoms with Gasteiger partial charge in [-0.25, -0.2) is 0 Å². The molecule has 3 atom stereocenters. The molecule has 0 spiro atoms. The van der Waals surface area contributed by atoms with Crippen molar-refractivity contribution in [2.75, 3.05) is 52.4 Å². The second-order valence-electron chi connectivity index (χ2n) is 12.5. The fraction of sp³-hybridized carbons (Fsp3) is 0.514. The molecule has 2 saturated heterocycles. The molecule has 0 aliphatic carbocycles. The maximum atomic E-state index is 13.7. The SMILES string of the molecule is Cc1ccc(CC(N)CN2C[C@@H](C)N(C(=O)Cc3ccc4ccccc4c3)C[C@@H]2CCCN2CCNCC2)c(C)c1. The molecular formula is C35H49N5O. The summed E-state index contributed by atoms with van der Waals surface area (Å²) in [6.07, 6.45) is 3.57. The quantitative estimate of drug-likeness (QED) is 0.394. The van der Waals surface area contributed by atoms with E-state index < -0.39 is 0 Å². The van der Waals surface area contributed by atoms with E-state index in [2.05, 4.69) is 101 Å². The summed E-state index contributed by atoms with van der Waals surface area (Å²) >= 11 is 0. The maximum Gasteiger partial charge on any atom is 0.227 e. The fourth-order valence-electron chi connectivity index (χ4n) is 6.79. The predicted molar refractivity (Wildman–Crippen MR) is 170 cm³/mol. The van der Waals surface area contributed by atoms with Crippen LogP contribution in [0.5, 0.6) is 0 Å². The molecule has 0 radical (unpaired) electrons. The van der Waals surface area contributed by atoms with E-state index in [0.717, 1.165) is 77.2 Å². The van der Waals surface area contributed by atoms with E-state index in [1.54, 1.807) is 0 Å². The second-order valence-corrected chi connectivity index (χ2v) is 12.5. The Morgan fingerprint density at radius 3 is 2.56 bits per heavy atom. The van der Waals surface area contributed by atoms with Crippen molar-refractivity contribution in [1.82, 2.24) is 20.0 Å². The minimum absolute atomic E-state index is 0.0686. The van der Waals surface area contributed by atoms with Crippen LogP contribution in [0.25, 0.3) is 10.8 Å². The molecule has 5 rings (SSSR count). The van der Waals surface area contributed by atoms with Crippen molar-refractivity contribution in [3.8, 4) is 0 Å². The fourth-order valence-corrected chi connectivity index (χ4v) is 6.79. The van der Waals surface area contributed by atoms with Gasteiger partial charge < -0.3 is 20.9 Å². The molecule has 1 amide bonds. The van der Waals surface area contributed by atoms with Gasteiger partial charge in [0.2, 0.25) is 5.91 Å². The highest BCUT2D eigenvalue weighted by Crippen LogP contribution is 2.23. The Labute approximate surface area is 246 Å². The number of amides is 1. The summed E-state index contributed by atoms with van der Waals surface area (Å²) in [5, 5.41) is 5.86. The van der Waals surface area contributed by atoms with Crippen molar-refractivity contribution in [2.45, 2.75) is 64.6 Å². The van der Waals surface area contributed by atoms with Crippen molar-refractivity contribution >= 4 is 16.7 Å². The first kappa shape index (κ1) is 29.7. The van der Waals surface area contributed by atoms with Crippen molar-refractivity contribution in [1.29, 1.82) is 0 Å². The number of benzene rings is 3. The highest BCUT2D eigenvalue weighted by Gasteiger charge is 2.34. The van der Waals surface area contributed by atoms with Gasteiger partial charge in [0.15, 0.2) is 0 Å². The van der Waals surface area contributed by atoms with Crippen LogP contribution in [0.2, 0.25) is 0 Å². The summed E-state index contributed by atoms with van der Waals surface area (Å²) < 4.78 is 0. The third-order valence-electron chi connectivity index (χ3n) is 9.11. The Hall–Kier alpha value is -2.77. The minimum atomic E-state index is 0.0686. The van der Waals surface area contributed by atoms with Gasteiger partial charge in [-0.05, 0) is 74.0 Å². The number of aryl methyl sites for hydroxylation is 2. The van der Waals surface area contributed by atoms with Gasteiger partial charge in [0.05, 0.1) is 6.42 Å². The number of nitrogens with two attached hydrogens (primary N) is 1. The number of nitrogens with one attached hydrogen (secondary N) is 1. The molecule has 3 N–H and O–H groups in total. The molecular weight excluding hydrogens is 506 g/mol. The summed E-state index contributed by atoms with van der Waals surface area (Å²) in [4.78, 5) is 21.0. The average molecular weight is 556 g/mol. The Balaban J connectivity index is 1.25. The van der Waals surface area contributed by atoms with Gasteiger partial charge >= 0.3 is 0 Å². The lowest BCUT2D eigenvalue weighted by Gasteiger charge is -2.46. The Morgan fingerprint density at radius 1 is 1.00 bits per heavy atom. The second kappa shape index (κ2) is 13.9. The molecule has 1 unspecified atom stereocenters. The zero-order chi connectivity index (χ0) is 28.8. The summed E-state index contributed by atoms with van der Waals surface area (Å²) in [7, 11) is 0. The van der Waals surface area contributed by atoms with E-state index in [1.807, 2.05) is 0 Å². The van der Waals surface area contributed by atoms with Crippen molar-refractivity contribution in [3.63, 3.8) is 0 Å². The Bertz CT molecular complexity index is 1300. The first-order chi connectivity index (χ1) is 19.9. The molecule has 2 heterocycles. The van der Waals surface area contributed by atoms with Gasteiger partial charge in [-0.3, -0.25) is 9.69 Å². The van der Waals surface area contributed by atoms with Crippen molar-refractivity contribution in [2.24, 2.45) is 5.73 Å². The lowest BCUT2D eigenvalue weighted by Crippen LogP contribution is -2.61. The molecule has 0 bridgehead atoms. The lowest BCUT2D eigenvalue weighted by molar-refractivity contribution is -0.136. The molecule has 2 aliphatic rings. The highest BCUT2D eigenvalue weighted by atomic mass is 16.2. The van der Waals surface area contributed by atoms with E-state index in [1.165, 1.54) is 27.5 Å². The number of fused-ring (bicyclic) bond motifs is 1. The van der Waals surface area contributed by atoms with Crippen LogP contribution >= 0.6 is 0 Å². The summed E-state index contributed by atoms with van der Waals surface area (Å²) in [5.74, 6) is 0.235. The van der Waals surface area contributed by atoms with Crippen molar-refractivity contribution in [3.05, 3.63) is 82.9 Å². The molecule has 3 aromatic rings. The van der Waals surface area contributed by atoms with Gasteiger partial charge in [0.1, 0.15) is 0 Å². The Kier molecular flexibility index (Phi) is 10.1. The summed E-state index contributed by atoms with van der Waals surface area (Å²) in [6.45, 7) is 14.6. The van der Waals surface area contributed by atoms with Crippen LogP contribution < -0.4 is 11.1 Å². The van der Waals surface area contributed by atoms with Crippen LogP contribution in [0, 0.1) is 13.8 Å². The number of nitrogens with zero attached hydrogens (tertiary/aromatic N) is 3. The van der Waals surface area contributed by atoms with Gasteiger partial charge in [-0.2, -0.15) is 0 Å². The molecule has 3 aromatic carbocycles. The molecule has 0 saturated carbocycles. The largest absolute Gasteiger partial charge is 0.337 e. The van der Waals surface area contributed by atoms with Crippen LogP contribution in [0.1, 0.15) is 42.0 Å². The van der Waals surface area contributed by atoms with Crippen LogP contribution in [0.4, 0.5) is 0 Å². The lowest BCUT2D eigenvalue weighted by atomic mass is 9.97. The third kappa shape index (κ3) is 7.95. The highest BCUT2D eigenvalue weighted by molar-refractivity contribution is 5.85. The summed E-state index contributed by atoms with van der Waals surface area (Å²) in [6, 6.07) is 22.0. The number of hydrogen-bond acceptors (Lipinski definition) is 5. The smallest absolute Gasteiger partial charge is 0.227 e. The molecule has 6 nitrogen and oxygen atoms in total.